The lowest BCUT2D eigenvalue weighted by atomic mass is 9.94. The lowest BCUT2D eigenvalue weighted by Gasteiger charge is -2.19. The zero-order valence-electron chi connectivity index (χ0n) is 13.8. The molecule has 0 spiro atoms. The van der Waals surface area contributed by atoms with Gasteiger partial charge >= 0.3 is 0 Å². The highest BCUT2D eigenvalue weighted by Crippen LogP contribution is 2.19. The van der Waals surface area contributed by atoms with Crippen molar-refractivity contribution >= 4 is 15.9 Å². The number of benzene rings is 1. The minimum atomic E-state index is -3.70. The van der Waals surface area contributed by atoms with Crippen LogP contribution in [0.15, 0.2) is 24.3 Å². The standard InChI is InChI=1S/C16H22N2O4S/c1-12(22-14-7-5-6-13(10-14)11-17)15(19)18-23(20,21)9-8-16(2,3)4/h5-7,10,12H,8-9H2,1-4H3,(H,18,19). The fourth-order valence-electron chi connectivity index (χ4n) is 1.62. The Balaban J connectivity index is 2.64. The second-order valence-corrected chi connectivity index (χ2v) is 8.34. The van der Waals surface area contributed by atoms with Gasteiger partial charge in [-0.3, -0.25) is 4.79 Å². The molecule has 23 heavy (non-hydrogen) atoms. The van der Waals surface area contributed by atoms with E-state index in [9.17, 15) is 13.2 Å². The van der Waals surface area contributed by atoms with Gasteiger partial charge < -0.3 is 4.74 Å². The maximum absolute atomic E-state index is 12.0. The summed E-state index contributed by atoms with van der Waals surface area (Å²) in [7, 11) is -3.70. The van der Waals surface area contributed by atoms with Gasteiger partial charge in [0.1, 0.15) is 5.75 Å². The second-order valence-electron chi connectivity index (χ2n) is 6.50. The van der Waals surface area contributed by atoms with Crippen molar-refractivity contribution in [2.45, 2.75) is 40.2 Å². The molecule has 0 radical (unpaired) electrons. The number of carbonyl (C=O) groups excluding carboxylic acids is 1. The van der Waals surface area contributed by atoms with Crippen molar-refractivity contribution in [2.24, 2.45) is 5.41 Å². The van der Waals surface area contributed by atoms with Gasteiger partial charge in [0.2, 0.25) is 10.0 Å². The van der Waals surface area contributed by atoms with Crippen LogP contribution in [0, 0.1) is 16.7 Å². The van der Waals surface area contributed by atoms with Crippen LogP contribution in [-0.2, 0) is 14.8 Å². The van der Waals surface area contributed by atoms with E-state index < -0.39 is 22.0 Å². The molecule has 0 aliphatic carbocycles. The van der Waals surface area contributed by atoms with E-state index in [1.165, 1.54) is 13.0 Å². The molecule has 0 saturated carbocycles. The number of hydrogen-bond acceptors (Lipinski definition) is 5. The van der Waals surface area contributed by atoms with Crippen LogP contribution >= 0.6 is 0 Å². The summed E-state index contributed by atoms with van der Waals surface area (Å²) in [5.74, 6) is -0.529. The zero-order valence-corrected chi connectivity index (χ0v) is 14.6. The van der Waals surface area contributed by atoms with Gasteiger partial charge in [0.05, 0.1) is 17.4 Å². The summed E-state index contributed by atoms with van der Waals surface area (Å²) in [5, 5.41) is 8.82. The molecule has 1 rings (SSSR count). The van der Waals surface area contributed by atoms with E-state index in [4.69, 9.17) is 10.00 Å². The number of nitriles is 1. The van der Waals surface area contributed by atoms with Crippen LogP contribution in [0.25, 0.3) is 0 Å². The number of carbonyl (C=O) groups is 1. The average molecular weight is 338 g/mol. The Bertz CT molecular complexity index is 700. The number of hydrogen-bond donors (Lipinski definition) is 1. The van der Waals surface area contributed by atoms with Crippen LogP contribution in [0.1, 0.15) is 39.7 Å². The Kier molecular flexibility index (Phi) is 6.16. The van der Waals surface area contributed by atoms with Gasteiger partial charge in [0, 0.05) is 0 Å². The van der Waals surface area contributed by atoms with Crippen molar-refractivity contribution in [3.05, 3.63) is 29.8 Å². The third-order valence-electron chi connectivity index (χ3n) is 3.02. The van der Waals surface area contributed by atoms with E-state index in [-0.39, 0.29) is 11.2 Å². The maximum Gasteiger partial charge on any atom is 0.274 e. The molecule has 0 aliphatic rings. The predicted octanol–water partition coefficient (Wildman–Crippen LogP) is 2.21. The molecule has 0 fully saturated rings. The number of nitrogens with one attached hydrogen (secondary N) is 1. The number of amides is 1. The van der Waals surface area contributed by atoms with E-state index in [0.717, 1.165) is 0 Å². The molecule has 0 heterocycles. The van der Waals surface area contributed by atoms with Gasteiger partial charge in [-0.25, -0.2) is 13.1 Å². The SMILES string of the molecule is CC(Oc1cccc(C#N)c1)C(=O)NS(=O)(=O)CCC(C)(C)C. The molecule has 1 aromatic carbocycles. The Morgan fingerprint density at radius 1 is 1.39 bits per heavy atom. The summed E-state index contributed by atoms with van der Waals surface area (Å²) in [6.45, 7) is 7.24. The molecule has 1 unspecified atom stereocenters. The Hall–Kier alpha value is -2.07. The van der Waals surface area contributed by atoms with Gasteiger partial charge in [-0.2, -0.15) is 5.26 Å². The molecule has 0 saturated heterocycles. The zero-order chi connectivity index (χ0) is 17.7. The first kappa shape index (κ1) is 19.0. The number of rotatable bonds is 6. The fourth-order valence-corrected chi connectivity index (χ4v) is 3.08. The van der Waals surface area contributed by atoms with E-state index >= 15 is 0 Å². The summed E-state index contributed by atoms with van der Waals surface area (Å²) >= 11 is 0. The van der Waals surface area contributed by atoms with Crippen molar-refractivity contribution in [1.29, 1.82) is 5.26 Å². The molecule has 0 aromatic heterocycles. The molecule has 1 atom stereocenters. The summed E-state index contributed by atoms with van der Waals surface area (Å²) in [4.78, 5) is 12.0. The Morgan fingerprint density at radius 2 is 2.04 bits per heavy atom. The molecule has 0 bridgehead atoms. The van der Waals surface area contributed by atoms with Crippen molar-refractivity contribution in [1.82, 2.24) is 4.72 Å². The molecule has 0 aliphatic heterocycles. The minimum Gasteiger partial charge on any atom is -0.481 e. The monoisotopic (exact) mass is 338 g/mol. The lowest BCUT2D eigenvalue weighted by Crippen LogP contribution is -2.41. The molecule has 1 N–H and O–H groups in total. The first-order valence-corrected chi connectivity index (χ1v) is 8.89. The first-order valence-electron chi connectivity index (χ1n) is 7.23. The topological polar surface area (TPSA) is 96.3 Å². The molecular formula is C16H22N2O4S. The van der Waals surface area contributed by atoms with Gasteiger partial charge in [-0.15, -0.1) is 0 Å². The maximum atomic E-state index is 12.0. The smallest absolute Gasteiger partial charge is 0.274 e. The van der Waals surface area contributed by atoms with E-state index in [1.807, 2.05) is 31.6 Å². The quantitative estimate of drug-likeness (QED) is 0.858. The lowest BCUT2D eigenvalue weighted by molar-refractivity contribution is -0.125. The van der Waals surface area contributed by atoms with Crippen LogP contribution in [0.2, 0.25) is 0 Å². The molecule has 6 nitrogen and oxygen atoms in total. The fraction of sp³-hybridized carbons (Fsp3) is 0.500. The van der Waals surface area contributed by atoms with Crippen LogP contribution in [0.5, 0.6) is 5.75 Å². The third kappa shape index (κ3) is 7.15. The van der Waals surface area contributed by atoms with Crippen molar-refractivity contribution in [2.75, 3.05) is 5.75 Å². The second kappa shape index (κ2) is 7.47. The van der Waals surface area contributed by atoms with Gasteiger partial charge in [0.15, 0.2) is 6.10 Å². The highest BCUT2D eigenvalue weighted by molar-refractivity contribution is 7.90. The summed E-state index contributed by atoms with van der Waals surface area (Å²) < 4.78 is 31.2. The third-order valence-corrected chi connectivity index (χ3v) is 4.28. The molecule has 126 valence electrons. The normalized spacial score (nSPS) is 13.0. The van der Waals surface area contributed by atoms with E-state index in [0.29, 0.717) is 17.7 Å². The Morgan fingerprint density at radius 3 is 2.61 bits per heavy atom. The van der Waals surface area contributed by atoms with Crippen LogP contribution in [-0.4, -0.2) is 26.2 Å². The van der Waals surface area contributed by atoms with Crippen LogP contribution < -0.4 is 9.46 Å². The van der Waals surface area contributed by atoms with E-state index in [1.54, 1.807) is 18.2 Å². The number of nitrogens with zero attached hydrogens (tertiary/aromatic N) is 1. The van der Waals surface area contributed by atoms with Crippen molar-refractivity contribution in [3.63, 3.8) is 0 Å². The molecule has 1 amide bonds. The molecular weight excluding hydrogens is 316 g/mol. The summed E-state index contributed by atoms with van der Waals surface area (Å²) in [6, 6.07) is 8.27. The molecule has 1 aromatic rings. The first-order chi connectivity index (χ1) is 10.5. The van der Waals surface area contributed by atoms with Crippen LogP contribution in [0.3, 0.4) is 0 Å². The van der Waals surface area contributed by atoms with Crippen LogP contribution in [0.4, 0.5) is 0 Å². The average Bonchev–Trinajstić information content (AvgIpc) is 2.44. The van der Waals surface area contributed by atoms with E-state index in [2.05, 4.69) is 0 Å². The number of ether oxygens (including phenoxy) is 1. The summed E-state index contributed by atoms with van der Waals surface area (Å²) in [6.07, 6.45) is -0.553. The van der Waals surface area contributed by atoms with Crippen molar-refractivity contribution < 1.29 is 17.9 Å². The minimum absolute atomic E-state index is 0.126. The highest BCUT2D eigenvalue weighted by atomic mass is 32.2. The largest absolute Gasteiger partial charge is 0.481 e. The van der Waals surface area contributed by atoms with Crippen molar-refractivity contribution in [3.8, 4) is 11.8 Å². The predicted molar refractivity (Wildman–Crippen MR) is 87.2 cm³/mol. The van der Waals surface area contributed by atoms with Gasteiger partial charge in [-0.1, -0.05) is 26.8 Å². The summed E-state index contributed by atoms with van der Waals surface area (Å²) in [5.41, 5.74) is 0.255. The van der Waals surface area contributed by atoms with Gasteiger partial charge in [-0.05, 0) is 37.0 Å². The number of sulfonamides is 1. The molecule has 7 heteroatoms. The Labute approximate surface area is 137 Å². The highest BCUT2D eigenvalue weighted by Gasteiger charge is 2.23. The van der Waals surface area contributed by atoms with Gasteiger partial charge in [0.25, 0.3) is 5.91 Å².